The van der Waals surface area contributed by atoms with Gasteiger partial charge in [0.05, 0.1) is 22.8 Å². The molecule has 0 aromatic carbocycles. The van der Waals surface area contributed by atoms with Crippen LogP contribution in [0.25, 0.3) is 10.6 Å². The molecule has 5 nitrogen and oxygen atoms in total. The lowest BCUT2D eigenvalue weighted by atomic mass is 10.3. The Balaban J connectivity index is 1.72. The Kier molecular flexibility index (Phi) is 3.79. The summed E-state index contributed by atoms with van der Waals surface area (Å²) in [5.74, 6) is -0.195. The monoisotopic (exact) mass is 298 g/mol. The van der Waals surface area contributed by atoms with Crippen molar-refractivity contribution in [2.45, 2.75) is 6.54 Å². The highest BCUT2D eigenvalue weighted by atomic mass is 32.1. The van der Waals surface area contributed by atoms with Gasteiger partial charge in [-0.1, -0.05) is 12.1 Å². The van der Waals surface area contributed by atoms with Gasteiger partial charge in [-0.25, -0.2) is 0 Å². The SMILES string of the molecule is Cn1nc(C(=O)NCc2ccccn2)cc1-c1cccs1. The number of aromatic nitrogens is 3. The highest BCUT2D eigenvalue weighted by Crippen LogP contribution is 2.24. The number of carbonyl (C=O) groups is 1. The number of hydrogen-bond donors (Lipinski definition) is 1. The molecule has 0 unspecified atom stereocenters. The van der Waals surface area contributed by atoms with Gasteiger partial charge in [-0.05, 0) is 29.6 Å². The van der Waals surface area contributed by atoms with Crippen LogP contribution >= 0.6 is 11.3 Å². The molecule has 0 saturated carbocycles. The Hall–Kier alpha value is -2.47. The second kappa shape index (κ2) is 5.88. The third-order valence-corrected chi connectivity index (χ3v) is 3.93. The summed E-state index contributed by atoms with van der Waals surface area (Å²) in [7, 11) is 1.84. The summed E-state index contributed by atoms with van der Waals surface area (Å²) in [4.78, 5) is 17.4. The van der Waals surface area contributed by atoms with Crippen molar-refractivity contribution in [2.24, 2.45) is 7.05 Å². The number of rotatable bonds is 4. The molecule has 1 N–H and O–H groups in total. The summed E-state index contributed by atoms with van der Waals surface area (Å²) in [5, 5.41) is 9.10. The number of thiophene rings is 1. The lowest BCUT2D eigenvalue weighted by Gasteiger charge is -2.01. The Morgan fingerprint density at radius 3 is 2.95 bits per heavy atom. The Labute approximate surface area is 126 Å². The number of amides is 1. The summed E-state index contributed by atoms with van der Waals surface area (Å²) < 4.78 is 1.72. The van der Waals surface area contributed by atoms with Crippen molar-refractivity contribution in [1.82, 2.24) is 20.1 Å². The number of nitrogens with one attached hydrogen (secondary N) is 1. The second-order valence-corrected chi connectivity index (χ2v) is 5.47. The van der Waals surface area contributed by atoms with E-state index in [0.717, 1.165) is 16.3 Å². The minimum atomic E-state index is -0.195. The minimum Gasteiger partial charge on any atom is -0.345 e. The molecule has 0 fully saturated rings. The maximum Gasteiger partial charge on any atom is 0.272 e. The first-order valence-electron chi connectivity index (χ1n) is 6.50. The average molecular weight is 298 g/mol. The van der Waals surface area contributed by atoms with Crippen molar-refractivity contribution in [2.75, 3.05) is 0 Å². The molecule has 0 aliphatic rings. The summed E-state index contributed by atoms with van der Waals surface area (Å²) in [5.41, 5.74) is 2.17. The van der Waals surface area contributed by atoms with E-state index in [9.17, 15) is 4.79 Å². The van der Waals surface area contributed by atoms with Crippen LogP contribution in [0.2, 0.25) is 0 Å². The molecular weight excluding hydrogens is 284 g/mol. The van der Waals surface area contributed by atoms with Gasteiger partial charge in [0.15, 0.2) is 5.69 Å². The lowest BCUT2D eigenvalue weighted by molar-refractivity contribution is 0.0944. The van der Waals surface area contributed by atoms with E-state index in [1.54, 1.807) is 28.3 Å². The Bertz CT molecular complexity index is 734. The van der Waals surface area contributed by atoms with Crippen LogP contribution in [-0.2, 0) is 13.6 Å². The first-order chi connectivity index (χ1) is 10.2. The van der Waals surface area contributed by atoms with Crippen LogP contribution in [0.3, 0.4) is 0 Å². The molecule has 0 aliphatic carbocycles. The maximum atomic E-state index is 12.1. The molecule has 3 rings (SSSR count). The smallest absolute Gasteiger partial charge is 0.272 e. The highest BCUT2D eigenvalue weighted by molar-refractivity contribution is 7.13. The van der Waals surface area contributed by atoms with E-state index in [4.69, 9.17) is 0 Å². The zero-order valence-corrected chi connectivity index (χ0v) is 12.3. The van der Waals surface area contributed by atoms with Gasteiger partial charge in [-0.15, -0.1) is 11.3 Å². The van der Waals surface area contributed by atoms with Crippen molar-refractivity contribution in [3.63, 3.8) is 0 Å². The number of carbonyl (C=O) groups excluding carboxylic acids is 1. The van der Waals surface area contributed by atoms with Crippen LogP contribution in [0.1, 0.15) is 16.2 Å². The van der Waals surface area contributed by atoms with Gasteiger partial charge in [0, 0.05) is 13.2 Å². The quantitative estimate of drug-likeness (QED) is 0.805. The maximum absolute atomic E-state index is 12.1. The fourth-order valence-electron chi connectivity index (χ4n) is 2.00. The molecule has 6 heteroatoms. The fraction of sp³-hybridized carbons (Fsp3) is 0.133. The average Bonchev–Trinajstić information content (AvgIpc) is 3.15. The van der Waals surface area contributed by atoms with E-state index in [1.807, 2.05) is 42.8 Å². The van der Waals surface area contributed by atoms with Crippen molar-refractivity contribution in [3.8, 4) is 10.6 Å². The summed E-state index contributed by atoms with van der Waals surface area (Å²) in [6, 6.07) is 11.4. The minimum absolute atomic E-state index is 0.195. The van der Waals surface area contributed by atoms with Crippen LogP contribution in [0, 0.1) is 0 Å². The molecule has 3 aromatic heterocycles. The van der Waals surface area contributed by atoms with E-state index in [-0.39, 0.29) is 5.91 Å². The number of aryl methyl sites for hydroxylation is 1. The molecular formula is C15H14N4OS. The van der Waals surface area contributed by atoms with Crippen LogP contribution in [0.15, 0.2) is 48.0 Å². The standard InChI is InChI=1S/C15H14N4OS/c1-19-13(14-6-4-8-21-14)9-12(18-19)15(20)17-10-11-5-2-3-7-16-11/h2-9H,10H2,1H3,(H,17,20). The molecule has 1 amide bonds. The molecule has 0 bridgehead atoms. The molecule has 0 spiro atoms. The van der Waals surface area contributed by atoms with E-state index < -0.39 is 0 Å². The third kappa shape index (κ3) is 3.00. The van der Waals surface area contributed by atoms with Gasteiger partial charge in [0.1, 0.15) is 0 Å². The van der Waals surface area contributed by atoms with Gasteiger partial charge in [0.2, 0.25) is 0 Å². The van der Waals surface area contributed by atoms with Gasteiger partial charge >= 0.3 is 0 Å². The van der Waals surface area contributed by atoms with Crippen LogP contribution in [0.5, 0.6) is 0 Å². The fourth-order valence-corrected chi connectivity index (χ4v) is 2.77. The molecule has 0 aliphatic heterocycles. The van der Waals surface area contributed by atoms with Crippen molar-refractivity contribution >= 4 is 17.2 Å². The molecule has 106 valence electrons. The van der Waals surface area contributed by atoms with Gasteiger partial charge in [-0.3, -0.25) is 14.5 Å². The Morgan fingerprint density at radius 2 is 2.24 bits per heavy atom. The molecule has 3 heterocycles. The largest absolute Gasteiger partial charge is 0.345 e. The Morgan fingerprint density at radius 1 is 1.33 bits per heavy atom. The highest BCUT2D eigenvalue weighted by Gasteiger charge is 2.14. The first kappa shape index (κ1) is 13.5. The third-order valence-electron chi connectivity index (χ3n) is 3.04. The van der Waals surface area contributed by atoms with E-state index in [1.165, 1.54) is 0 Å². The lowest BCUT2D eigenvalue weighted by Crippen LogP contribution is -2.23. The van der Waals surface area contributed by atoms with Crippen molar-refractivity contribution in [3.05, 3.63) is 59.4 Å². The molecule has 0 saturated heterocycles. The zero-order valence-electron chi connectivity index (χ0n) is 11.5. The van der Waals surface area contributed by atoms with Crippen LogP contribution < -0.4 is 5.32 Å². The van der Waals surface area contributed by atoms with Gasteiger partial charge in [0.25, 0.3) is 5.91 Å². The van der Waals surface area contributed by atoms with E-state index in [0.29, 0.717) is 12.2 Å². The molecule has 0 radical (unpaired) electrons. The van der Waals surface area contributed by atoms with Gasteiger partial charge < -0.3 is 5.32 Å². The molecule has 21 heavy (non-hydrogen) atoms. The molecule has 3 aromatic rings. The number of pyridine rings is 1. The topological polar surface area (TPSA) is 59.8 Å². The molecule has 0 atom stereocenters. The summed E-state index contributed by atoms with van der Waals surface area (Å²) in [6.07, 6.45) is 1.71. The van der Waals surface area contributed by atoms with Crippen molar-refractivity contribution < 1.29 is 4.79 Å². The first-order valence-corrected chi connectivity index (χ1v) is 7.38. The normalized spacial score (nSPS) is 10.5. The predicted molar refractivity (Wildman–Crippen MR) is 81.9 cm³/mol. The van der Waals surface area contributed by atoms with Crippen LogP contribution in [-0.4, -0.2) is 20.7 Å². The summed E-state index contributed by atoms with van der Waals surface area (Å²) in [6.45, 7) is 0.393. The number of hydrogen-bond acceptors (Lipinski definition) is 4. The second-order valence-electron chi connectivity index (χ2n) is 4.52. The van der Waals surface area contributed by atoms with Crippen LogP contribution in [0.4, 0.5) is 0 Å². The summed E-state index contributed by atoms with van der Waals surface area (Å²) >= 11 is 1.62. The van der Waals surface area contributed by atoms with Crippen molar-refractivity contribution in [1.29, 1.82) is 0 Å². The number of nitrogens with zero attached hydrogens (tertiary/aromatic N) is 3. The zero-order chi connectivity index (χ0) is 14.7. The van der Waals surface area contributed by atoms with Gasteiger partial charge in [-0.2, -0.15) is 5.10 Å². The van der Waals surface area contributed by atoms with E-state index in [2.05, 4.69) is 15.4 Å². The predicted octanol–water partition coefficient (Wildman–Crippen LogP) is 2.47. The van der Waals surface area contributed by atoms with E-state index >= 15 is 0 Å².